The molecule has 0 aliphatic carbocycles. The molecule has 0 aliphatic rings. The van der Waals surface area contributed by atoms with Crippen molar-refractivity contribution in [2.24, 2.45) is 0 Å². The van der Waals surface area contributed by atoms with E-state index in [1.54, 1.807) is 36.7 Å². The minimum absolute atomic E-state index is 0.164. The average molecular weight is 259 g/mol. The molecule has 0 unspecified atom stereocenters. The summed E-state index contributed by atoms with van der Waals surface area (Å²) in [6.45, 7) is 0.164. The van der Waals surface area contributed by atoms with Crippen LogP contribution in [0, 0.1) is 0 Å². The minimum Gasteiger partial charge on any atom is -0.497 e. The van der Waals surface area contributed by atoms with Gasteiger partial charge < -0.3 is 14.6 Å². The Morgan fingerprint density at radius 3 is 2.79 bits per heavy atom. The zero-order valence-corrected chi connectivity index (χ0v) is 10.4. The normalized spacial score (nSPS) is 9.95. The van der Waals surface area contributed by atoms with Crippen molar-refractivity contribution >= 4 is 5.97 Å². The van der Waals surface area contributed by atoms with Crippen molar-refractivity contribution in [3.8, 4) is 11.5 Å². The monoisotopic (exact) mass is 259 g/mol. The van der Waals surface area contributed by atoms with Crippen LogP contribution >= 0.6 is 0 Å². The van der Waals surface area contributed by atoms with E-state index in [1.165, 1.54) is 13.2 Å². The maximum atomic E-state index is 11.2. The number of hydrogen-bond donors (Lipinski definition) is 1. The van der Waals surface area contributed by atoms with Crippen LogP contribution in [0.5, 0.6) is 11.5 Å². The van der Waals surface area contributed by atoms with E-state index in [9.17, 15) is 4.79 Å². The maximum Gasteiger partial charge on any atom is 0.336 e. The summed E-state index contributed by atoms with van der Waals surface area (Å²) < 4.78 is 10.5. The Bertz CT molecular complexity index is 569. The Kier molecular flexibility index (Phi) is 3.97. The van der Waals surface area contributed by atoms with Crippen LogP contribution in [-0.2, 0) is 6.61 Å². The third kappa shape index (κ3) is 3.22. The van der Waals surface area contributed by atoms with Crippen molar-refractivity contribution in [3.63, 3.8) is 0 Å². The lowest BCUT2D eigenvalue weighted by Crippen LogP contribution is -2.06. The molecule has 2 aromatic rings. The van der Waals surface area contributed by atoms with E-state index in [0.29, 0.717) is 17.1 Å². The Morgan fingerprint density at radius 1 is 1.32 bits per heavy atom. The summed E-state index contributed by atoms with van der Waals surface area (Å²) in [7, 11) is 1.49. The predicted molar refractivity (Wildman–Crippen MR) is 68.5 cm³/mol. The van der Waals surface area contributed by atoms with Crippen LogP contribution in [0.1, 0.15) is 15.9 Å². The second kappa shape index (κ2) is 5.86. The largest absolute Gasteiger partial charge is 0.497 e. The number of carbonyl (C=O) groups is 1. The molecule has 1 aromatic carbocycles. The number of pyridine rings is 1. The topological polar surface area (TPSA) is 68.7 Å². The minimum atomic E-state index is -1.01. The SMILES string of the molecule is COc1ccc(COc2cccnc2)c(C(=O)O)c1. The lowest BCUT2D eigenvalue weighted by Gasteiger charge is -2.09. The van der Waals surface area contributed by atoms with Crippen LogP contribution in [0.4, 0.5) is 0 Å². The summed E-state index contributed by atoms with van der Waals surface area (Å²) in [5, 5.41) is 9.16. The first kappa shape index (κ1) is 12.9. The standard InChI is InChI=1S/C14H13NO4/c1-18-11-5-4-10(13(7-11)14(16)17)9-19-12-3-2-6-15-8-12/h2-8H,9H2,1H3,(H,16,17). The molecule has 5 heteroatoms. The van der Waals surface area contributed by atoms with Gasteiger partial charge in [-0.05, 0) is 24.3 Å². The molecule has 0 radical (unpaired) electrons. The summed E-state index contributed by atoms with van der Waals surface area (Å²) >= 11 is 0. The highest BCUT2D eigenvalue weighted by Crippen LogP contribution is 2.19. The molecule has 0 amide bonds. The van der Waals surface area contributed by atoms with Crippen molar-refractivity contribution in [3.05, 3.63) is 53.9 Å². The van der Waals surface area contributed by atoms with E-state index < -0.39 is 5.97 Å². The first-order valence-corrected chi connectivity index (χ1v) is 5.63. The van der Waals surface area contributed by atoms with Gasteiger partial charge in [0.2, 0.25) is 0 Å². The maximum absolute atomic E-state index is 11.2. The van der Waals surface area contributed by atoms with E-state index in [1.807, 2.05) is 0 Å². The lowest BCUT2D eigenvalue weighted by molar-refractivity contribution is 0.0693. The first-order chi connectivity index (χ1) is 9.20. The molecule has 0 spiro atoms. The Morgan fingerprint density at radius 2 is 2.16 bits per heavy atom. The van der Waals surface area contributed by atoms with Gasteiger partial charge in [0.1, 0.15) is 18.1 Å². The summed E-state index contributed by atoms with van der Waals surface area (Å²) in [6.07, 6.45) is 3.22. The highest BCUT2D eigenvalue weighted by molar-refractivity contribution is 5.89. The number of nitrogens with zero attached hydrogens (tertiary/aromatic N) is 1. The number of aromatic carboxylic acids is 1. The van der Waals surface area contributed by atoms with Crippen molar-refractivity contribution in [2.75, 3.05) is 7.11 Å². The molecule has 0 atom stereocenters. The van der Waals surface area contributed by atoms with Crippen molar-refractivity contribution in [1.82, 2.24) is 4.98 Å². The third-order valence-corrected chi connectivity index (χ3v) is 2.58. The van der Waals surface area contributed by atoms with Crippen molar-refractivity contribution in [2.45, 2.75) is 6.61 Å². The molecule has 0 bridgehead atoms. The number of carboxylic acid groups (broad SMARTS) is 1. The molecule has 2 rings (SSSR count). The number of benzene rings is 1. The second-order valence-corrected chi connectivity index (χ2v) is 3.81. The number of ether oxygens (including phenoxy) is 2. The number of methoxy groups -OCH3 is 1. The van der Waals surface area contributed by atoms with Gasteiger partial charge in [0.15, 0.2) is 0 Å². The molecular weight excluding hydrogens is 246 g/mol. The molecular formula is C14H13NO4. The van der Waals surface area contributed by atoms with Crippen LogP contribution < -0.4 is 9.47 Å². The number of aromatic nitrogens is 1. The average Bonchev–Trinajstić information content (AvgIpc) is 2.46. The van der Waals surface area contributed by atoms with Gasteiger partial charge in [-0.1, -0.05) is 6.07 Å². The first-order valence-electron chi connectivity index (χ1n) is 5.63. The molecule has 1 aromatic heterocycles. The zero-order chi connectivity index (χ0) is 13.7. The van der Waals surface area contributed by atoms with Gasteiger partial charge >= 0.3 is 5.97 Å². The van der Waals surface area contributed by atoms with Gasteiger partial charge in [0, 0.05) is 11.8 Å². The van der Waals surface area contributed by atoms with Gasteiger partial charge in [-0.25, -0.2) is 4.79 Å². The van der Waals surface area contributed by atoms with E-state index in [4.69, 9.17) is 14.6 Å². The highest BCUT2D eigenvalue weighted by atomic mass is 16.5. The molecule has 0 saturated heterocycles. The molecule has 0 saturated carbocycles. The van der Waals surface area contributed by atoms with Gasteiger partial charge in [0.25, 0.3) is 0 Å². The van der Waals surface area contributed by atoms with Crippen LogP contribution in [-0.4, -0.2) is 23.2 Å². The number of carboxylic acids is 1. The second-order valence-electron chi connectivity index (χ2n) is 3.81. The highest BCUT2D eigenvalue weighted by Gasteiger charge is 2.12. The fraction of sp³-hybridized carbons (Fsp3) is 0.143. The van der Waals surface area contributed by atoms with E-state index in [-0.39, 0.29) is 12.2 Å². The zero-order valence-electron chi connectivity index (χ0n) is 10.4. The summed E-state index contributed by atoms with van der Waals surface area (Å²) in [6, 6.07) is 8.37. The molecule has 1 heterocycles. The fourth-order valence-electron chi connectivity index (χ4n) is 1.60. The lowest BCUT2D eigenvalue weighted by atomic mass is 10.1. The van der Waals surface area contributed by atoms with Gasteiger partial charge in [-0.3, -0.25) is 4.98 Å². The van der Waals surface area contributed by atoms with Crippen LogP contribution in [0.25, 0.3) is 0 Å². The van der Waals surface area contributed by atoms with Gasteiger partial charge in [-0.15, -0.1) is 0 Å². The van der Waals surface area contributed by atoms with Crippen LogP contribution in [0.3, 0.4) is 0 Å². The van der Waals surface area contributed by atoms with Crippen molar-refractivity contribution < 1.29 is 19.4 Å². The Labute approximate surface area is 110 Å². The van der Waals surface area contributed by atoms with Crippen LogP contribution in [0.2, 0.25) is 0 Å². The molecule has 1 N–H and O–H groups in total. The molecule has 5 nitrogen and oxygen atoms in total. The molecule has 19 heavy (non-hydrogen) atoms. The Hall–Kier alpha value is -2.56. The quantitative estimate of drug-likeness (QED) is 0.892. The summed E-state index contributed by atoms with van der Waals surface area (Å²) in [4.78, 5) is 15.1. The molecule has 0 fully saturated rings. The van der Waals surface area contributed by atoms with Crippen molar-refractivity contribution in [1.29, 1.82) is 0 Å². The molecule has 98 valence electrons. The number of hydrogen-bond acceptors (Lipinski definition) is 4. The van der Waals surface area contributed by atoms with E-state index in [0.717, 1.165) is 0 Å². The molecule has 0 aliphatic heterocycles. The van der Waals surface area contributed by atoms with Gasteiger partial charge in [0.05, 0.1) is 18.9 Å². The van der Waals surface area contributed by atoms with Gasteiger partial charge in [-0.2, -0.15) is 0 Å². The number of rotatable bonds is 5. The van der Waals surface area contributed by atoms with E-state index in [2.05, 4.69) is 4.98 Å². The van der Waals surface area contributed by atoms with E-state index >= 15 is 0 Å². The Balaban J connectivity index is 2.18. The fourth-order valence-corrected chi connectivity index (χ4v) is 1.60. The predicted octanol–water partition coefficient (Wildman–Crippen LogP) is 2.37. The smallest absolute Gasteiger partial charge is 0.336 e. The summed E-state index contributed by atoms with van der Waals surface area (Å²) in [5.74, 6) is 0.0841. The summed E-state index contributed by atoms with van der Waals surface area (Å²) in [5.41, 5.74) is 0.750. The van der Waals surface area contributed by atoms with Crippen LogP contribution in [0.15, 0.2) is 42.7 Å². The third-order valence-electron chi connectivity index (χ3n) is 2.58.